The summed E-state index contributed by atoms with van der Waals surface area (Å²) >= 11 is 0. The summed E-state index contributed by atoms with van der Waals surface area (Å²) in [5, 5.41) is 0. The molecule has 0 fully saturated rings. The van der Waals surface area contributed by atoms with Crippen molar-refractivity contribution in [2.24, 2.45) is 0 Å². The van der Waals surface area contributed by atoms with Crippen molar-refractivity contribution in [2.45, 2.75) is 19.3 Å². The van der Waals surface area contributed by atoms with Crippen LogP contribution in [0.5, 0.6) is 5.75 Å². The van der Waals surface area contributed by atoms with Gasteiger partial charge in [-0.3, -0.25) is 4.55 Å². The monoisotopic (exact) mass is 473 g/mol. The van der Waals surface area contributed by atoms with Crippen LogP contribution in [0.25, 0.3) is 0 Å². The molecular formula is C19H15F2O6S3+. The molecule has 0 aliphatic rings. The van der Waals surface area contributed by atoms with Gasteiger partial charge in [-0.25, -0.2) is 0 Å². The van der Waals surface area contributed by atoms with E-state index < -0.39 is 41.5 Å². The SMILES string of the molecule is O=S(=O)(O)C(F)(F)S(=O)(=O)Oc1ccccc1[S+](c1ccccc1)c1ccccc1. The molecule has 0 aromatic heterocycles. The van der Waals surface area contributed by atoms with Gasteiger partial charge in [-0.05, 0) is 36.4 Å². The van der Waals surface area contributed by atoms with E-state index in [4.69, 9.17) is 4.55 Å². The highest BCUT2D eigenvalue weighted by molar-refractivity contribution is 8.05. The number of para-hydroxylation sites is 1. The van der Waals surface area contributed by atoms with Crippen LogP contribution in [0, 0.1) is 0 Å². The minimum atomic E-state index is -6.26. The first-order valence-corrected chi connectivity index (χ1v) is 12.3. The van der Waals surface area contributed by atoms with Gasteiger partial charge in [0.15, 0.2) is 15.5 Å². The third-order valence-corrected chi connectivity index (χ3v) is 8.91. The quantitative estimate of drug-likeness (QED) is 0.317. The Balaban J connectivity index is 2.16. The molecule has 30 heavy (non-hydrogen) atoms. The van der Waals surface area contributed by atoms with Gasteiger partial charge in [-0.15, -0.1) is 0 Å². The highest BCUT2D eigenvalue weighted by Gasteiger charge is 2.60. The smallest absolute Gasteiger partial charge is 0.372 e. The van der Waals surface area contributed by atoms with E-state index in [1.165, 1.54) is 12.1 Å². The lowest BCUT2D eigenvalue weighted by atomic mass is 10.3. The normalized spacial score (nSPS) is 12.7. The Morgan fingerprint density at radius 1 is 0.733 bits per heavy atom. The predicted octanol–water partition coefficient (Wildman–Crippen LogP) is 3.93. The van der Waals surface area contributed by atoms with E-state index in [0.717, 1.165) is 15.9 Å². The molecule has 0 bridgehead atoms. The molecule has 0 aliphatic carbocycles. The summed E-state index contributed by atoms with van der Waals surface area (Å²) in [6.45, 7) is 0. The Bertz CT molecular complexity index is 1190. The lowest BCUT2D eigenvalue weighted by Gasteiger charge is -2.16. The zero-order chi connectivity index (χ0) is 22.0. The van der Waals surface area contributed by atoms with E-state index in [2.05, 4.69) is 4.18 Å². The van der Waals surface area contributed by atoms with E-state index >= 15 is 0 Å². The largest absolute Gasteiger partial charge is 0.506 e. The maximum atomic E-state index is 13.8. The Kier molecular flexibility index (Phi) is 6.18. The summed E-state index contributed by atoms with van der Waals surface area (Å²) in [4.78, 5) is 1.74. The summed E-state index contributed by atoms with van der Waals surface area (Å²) in [7, 11) is -13.3. The number of hydrogen-bond acceptors (Lipinski definition) is 5. The molecule has 0 radical (unpaired) electrons. The van der Waals surface area contributed by atoms with Crippen LogP contribution in [0.2, 0.25) is 0 Å². The van der Waals surface area contributed by atoms with Crippen molar-refractivity contribution in [3.63, 3.8) is 0 Å². The molecule has 3 aromatic carbocycles. The van der Waals surface area contributed by atoms with E-state index in [0.29, 0.717) is 0 Å². The lowest BCUT2D eigenvalue weighted by molar-refractivity contribution is 0.154. The topological polar surface area (TPSA) is 97.7 Å². The first-order chi connectivity index (χ1) is 14.0. The molecule has 0 atom stereocenters. The first kappa shape index (κ1) is 22.2. The fourth-order valence-electron chi connectivity index (χ4n) is 2.49. The summed E-state index contributed by atoms with van der Waals surface area (Å²) in [6, 6.07) is 23.4. The molecule has 0 spiro atoms. The zero-order valence-electron chi connectivity index (χ0n) is 15.1. The highest BCUT2D eigenvalue weighted by atomic mass is 32.3. The Hall–Kier alpha value is -2.47. The summed E-state index contributed by atoms with van der Waals surface area (Å²) in [6.07, 6.45) is 0. The van der Waals surface area contributed by atoms with Crippen LogP contribution in [-0.2, 0) is 31.1 Å². The Morgan fingerprint density at radius 2 is 1.17 bits per heavy atom. The first-order valence-electron chi connectivity index (χ1n) is 8.27. The third-order valence-electron chi connectivity index (χ3n) is 3.82. The van der Waals surface area contributed by atoms with Crippen molar-refractivity contribution in [1.82, 2.24) is 0 Å². The van der Waals surface area contributed by atoms with E-state index in [1.54, 1.807) is 66.7 Å². The van der Waals surface area contributed by atoms with Crippen molar-refractivity contribution in [2.75, 3.05) is 0 Å². The van der Waals surface area contributed by atoms with Crippen LogP contribution in [0.3, 0.4) is 0 Å². The minimum Gasteiger partial charge on any atom is -0.372 e. The van der Waals surface area contributed by atoms with Gasteiger partial charge in [0.2, 0.25) is 4.90 Å². The van der Waals surface area contributed by atoms with Gasteiger partial charge in [-0.1, -0.05) is 48.5 Å². The second kappa shape index (κ2) is 8.34. The molecule has 0 saturated carbocycles. The van der Waals surface area contributed by atoms with Crippen LogP contribution < -0.4 is 4.18 Å². The molecule has 0 saturated heterocycles. The number of halogens is 2. The van der Waals surface area contributed by atoms with Gasteiger partial charge in [0.1, 0.15) is 10.9 Å². The summed E-state index contributed by atoms with van der Waals surface area (Å²) in [5.41, 5.74) is 0. The lowest BCUT2D eigenvalue weighted by Crippen LogP contribution is -2.40. The molecule has 3 aromatic rings. The number of rotatable bonds is 7. The predicted molar refractivity (Wildman–Crippen MR) is 108 cm³/mol. The molecule has 11 heteroatoms. The molecule has 3 rings (SSSR count). The Labute approximate surface area is 175 Å². The number of hydrogen-bond donors (Lipinski definition) is 1. The molecule has 0 amide bonds. The van der Waals surface area contributed by atoms with Crippen molar-refractivity contribution < 1.29 is 34.4 Å². The Morgan fingerprint density at radius 3 is 1.63 bits per heavy atom. The second-order valence-corrected chi connectivity index (χ2v) is 11.2. The van der Waals surface area contributed by atoms with Crippen LogP contribution in [-0.4, -0.2) is 26.0 Å². The van der Waals surface area contributed by atoms with Gasteiger partial charge >= 0.3 is 24.8 Å². The highest BCUT2D eigenvalue weighted by Crippen LogP contribution is 2.39. The zero-order valence-corrected chi connectivity index (χ0v) is 17.5. The molecule has 0 unspecified atom stereocenters. The number of benzene rings is 3. The standard InChI is InChI=1S/C19H14F2O6S3/c20-19(21,29(22,23)24)30(25,26)27-17-13-7-8-14-18(17)28(15-9-3-1-4-10-15)16-11-5-2-6-12-16/h1-14H/p+1. The average Bonchev–Trinajstić information content (AvgIpc) is 2.70. The van der Waals surface area contributed by atoms with Crippen molar-refractivity contribution in [3.05, 3.63) is 84.9 Å². The van der Waals surface area contributed by atoms with Crippen molar-refractivity contribution in [1.29, 1.82) is 0 Å². The van der Waals surface area contributed by atoms with Crippen LogP contribution in [0.15, 0.2) is 99.6 Å². The van der Waals surface area contributed by atoms with Gasteiger partial charge in [-0.2, -0.15) is 25.6 Å². The average molecular weight is 474 g/mol. The maximum absolute atomic E-state index is 13.8. The third kappa shape index (κ3) is 4.33. The molecule has 158 valence electrons. The van der Waals surface area contributed by atoms with Crippen LogP contribution >= 0.6 is 0 Å². The second-order valence-electron chi connectivity index (χ2n) is 5.85. The molecule has 1 N–H and O–H groups in total. The van der Waals surface area contributed by atoms with E-state index in [9.17, 15) is 25.6 Å². The molecule has 0 aliphatic heterocycles. The van der Waals surface area contributed by atoms with Crippen LogP contribution in [0.1, 0.15) is 0 Å². The fourth-order valence-corrected chi connectivity index (χ4v) is 6.32. The summed E-state index contributed by atoms with van der Waals surface area (Å²) < 4.78 is 81.1. The van der Waals surface area contributed by atoms with Crippen molar-refractivity contribution >= 4 is 31.1 Å². The molecule has 0 heterocycles. The van der Waals surface area contributed by atoms with E-state index in [-0.39, 0.29) is 4.90 Å². The van der Waals surface area contributed by atoms with Gasteiger partial charge < -0.3 is 4.18 Å². The fraction of sp³-hybridized carbons (Fsp3) is 0.0526. The maximum Gasteiger partial charge on any atom is 0.506 e. The minimum absolute atomic E-state index is 0.240. The van der Waals surface area contributed by atoms with Gasteiger partial charge in [0, 0.05) is 0 Å². The van der Waals surface area contributed by atoms with Crippen LogP contribution in [0.4, 0.5) is 8.78 Å². The van der Waals surface area contributed by atoms with Gasteiger partial charge in [0.05, 0.1) is 0 Å². The summed E-state index contributed by atoms with van der Waals surface area (Å²) in [5.74, 6) is -0.475. The molecular weight excluding hydrogens is 458 g/mol. The molecule has 6 nitrogen and oxygen atoms in total. The van der Waals surface area contributed by atoms with Crippen molar-refractivity contribution in [3.8, 4) is 5.75 Å². The number of alkyl halides is 2. The van der Waals surface area contributed by atoms with E-state index in [1.807, 2.05) is 0 Å². The van der Waals surface area contributed by atoms with Gasteiger partial charge in [0.25, 0.3) is 0 Å².